The van der Waals surface area contributed by atoms with Crippen LogP contribution in [0, 0.1) is 0 Å². The number of thiazole rings is 1. The average Bonchev–Trinajstić information content (AvgIpc) is 2.97. The van der Waals surface area contributed by atoms with Gasteiger partial charge in [0.15, 0.2) is 4.80 Å². The fraction of sp³-hybridized carbons (Fsp3) is 0.222. The van der Waals surface area contributed by atoms with Crippen molar-refractivity contribution in [3.63, 3.8) is 0 Å². The van der Waals surface area contributed by atoms with E-state index in [1.165, 1.54) is 11.3 Å². The summed E-state index contributed by atoms with van der Waals surface area (Å²) >= 11 is 4.83. The molecule has 1 heterocycles. The molecule has 0 aliphatic rings. The average molecular weight is 421 g/mol. The molecule has 1 aromatic heterocycles. The Balaban J connectivity index is 2.13. The highest BCUT2D eigenvalue weighted by Crippen LogP contribution is 2.27. The first-order chi connectivity index (χ1) is 12.1. The zero-order valence-corrected chi connectivity index (χ0v) is 16.3. The van der Waals surface area contributed by atoms with Crippen LogP contribution in [-0.2, 0) is 11.3 Å². The molecule has 3 rings (SSSR count). The molecular weight excluding hydrogens is 404 g/mol. The van der Waals surface area contributed by atoms with E-state index in [-0.39, 0.29) is 5.91 Å². The first-order valence-corrected chi connectivity index (χ1v) is 9.25. The number of aromatic nitrogens is 1. The lowest BCUT2D eigenvalue weighted by molar-refractivity contribution is 0.0997. The fourth-order valence-corrected chi connectivity index (χ4v) is 3.82. The van der Waals surface area contributed by atoms with E-state index >= 15 is 0 Å². The van der Waals surface area contributed by atoms with Gasteiger partial charge in [0.1, 0.15) is 11.3 Å². The Morgan fingerprint density at radius 2 is 1.96 bits per heavy atom. The van der Waals surface area contributed by atoms with Gasteiger partial charge in [-0.2, -0.15) is 4.99 Å². The molecule has 0 aliphatic heterocycles. The summed E-state index contributed by atoms with van der Waals surface area (Å²) in [6.45, 7) is 1.10. The Morgan fingerprint density at radius 1 is 1.20 bits per heavy atom. The maximum absolute atomic E-state index is 12.5. The lowest BCUT2D eigenvalue weighted by Gasteiger charge is -2.07. The summed E-state index contributed by atoms with van der Waals surface area (Å²) in [5.74, 6) is 0.478. The number of rotatable bonds is 5. The number of hydrogen-bond acceptors (Lipinski definition) is 4. The highest BCUT2D eigenvalue weighted by Gasteiger charge is 2.12. The minimum absolute atomic E-state index is 0.274. The molecule has 7 heteroatoms. The van der Waals surface area contributed by atoms with E-state index in [9.17, 15) is 4.79 Å². The van der Waals surface area contributed by atoms with Crippen LogP contribution < -0.4 is 9.54 Å². The van der Waals surface area contributed by atoms with Gasteiger partial charge in [-0.15, -0.1) is 0 Å². The Labute approximate surface area is 157 Å². The van der Waals surface area contributed by atoms with Crippen molar-refractivity contribution in [2.24, 2.45) is 4.99 Å². The summed E-state index contributed by atoms with van der Waals surface area (Å²) in [6, 6.07) is 13.0. The standard InChI is InChI=1S/C18H17BrN2O3S/c1-23-11-10-21-16-14(24-2)4-3-5-15(16)25-18(21)20-17(22)12-6-8-13(19)9-7-12/h3-9H,10-11H2,1-2H3. The maximum atomic E-state index is 12.5. The van der Waals surface area contributed by atoms with Crippen molar-refractivity contribution in [2.75, 3.05) is 20.8 Å². The molecule has 0 unspecified atom stereocenters. The van der Waals surface area contributed by atoms with Gasteiger partial charge in [0, 0.05) is 23.7 Å². The van der Waals surface area contributed by atoms with Crippen LogP contribution in [-0.4, -0.2) is 31.3 Å². The van der Waals surface area contributed by atoms with Crippen LogP contribution in [0.5, 0.6) is 5.75 Å². The molecule has 25 heavy (non-hydrogen) atoms. The molecule has 0 spiro atoms. The van der Waals surface area contributed by atoms with Crippen LogP contribution in [0.2, 0.25) is 0 Å². The molecule has 130 valence electrons. The maximum Gasteiger partial charge on any atom is 0.279 e. The van der Waals surface area contributed by atoms with Crippen LogP contribution in [0.15, 0.2) is 51.9 Å². The first-order valence-electron chi connectivity index (χ1n) is 7.64. The van der Waals surface area contributed by atoms with Crippen LogP contribution in [0.1, 0.15) is 10.4 Å². The van der Waals surface area contributed by atoms with Gasteiger partial charge in [-0.3, -0.25) is 4.79 Å². The lowest BCUT2D eigenvalue weighted by atomic mass is 10.2. The quantitative estimate of drug-likeness (QED) is 0.629. The third kappa shape index (κ3) is 3.84. The zero-order valence-electron chi connectivity index (χ0n) is 13.9. The van der Waals surface area contributed by atoms with E-state index in [4.69, 9.17) is 9.47 Å². The van der Waals surface area contributed by atoms with Gasteiger partial charge in [0.2, 0.25) is 0 Å². The topological polar surface area (TPSA) is 52.8 Å². The number of fused-ring (bicyclic) bond motifs is 1. The van der Waals surface area contributed by atoms with Crippen LogP contribution in [0.3, 0.4) is 0 Å². The van der Waals surface area contributed by atoms with E-state index in [0.29, 0.717) is 23.5 Å². The molecule has 0 aliphatic carbocycles. The summed E-state index contributed by atoms with van der Waals surface area (Å²) in [5.41, 5.74) is 1.47. The van der Waals surface area contributed by atoms with Gasteiger partial charge in [0.05, 0.1) is 18.4 Å². The molecule has 0 atom stereocenters. The summed E-state index contributed by atoms with van der Waals surface area (Å²) in [4.78, 5) is 17.5. The van der Waals surface area contributed by atoms with E-state index < -0.39 is 0 Å². The Kier molecular flexibility index (Phi) is 5.67. The minimum atomic E-state index is -0.274. The summed E-state index contributed by atoms with van der Waals surface area (Å²) in [6.07, 6.45) is 0. The number of nitrogens with zero attached hydrogens (tertiary/aromatic N) is 2. The second-order valence-electron chi connectivity index (χ2n) is 5.26. The molecular formula is C18H17BrN2O3S. The third-order valence-corrected chi connectivity index (χ3v) is 5.26. The number of para-hydroxylation sites is 1. The van der Waals surface area contributed by atoms with Gasteiger partial charge >= 0.3 is 0 Å². The van der Waals surface area contributed by atoms with Gasteiger partial charge in [-0.05, 0) is 36.4 Å². The van der Waals surface area contributed by atoms with E-state index in [2.05, 4.69) is 20.9 Å². The molecule has 3 aromatic rings. The number of carbonyl (C=O) groups excluding carboxylic acids is 1. The molecule has 5 nitrogen and oxygen atoms in total. The largest absolute Gasteiger partial charge is 0.495 e. The monoisotopic (exact) mass is 420 g/mol. The summed E-state index contributed by atoms with van der Waals surface area (Å²) < 4.78 is 14.6. The molecule has 1 amide bonds. The second-order valence-corrected chi connectivity index (χ2v) is 7.18. The molecule has 0 fully saturated rings. The van der Waals surface area contributed by atoms with Crippen molar-refractivity contribution in [2.45, 2.75) is 6.54 Å². The number of ether oxygens (including phenoxy) is 2. The minimum Gasteiger partial charge on any atom is -0.495 e. The summed E-state index contributed by atoms with van der Waals surface area (Å²) in [5, 5.41) is 0. The number of hydrogen-bond donors (Lipinski definition) is 0. The highest BCUT2D eigenvalue weighted by molar-refractivity contribution is 9.10. The number of carbonyl (C=O) groups is 1. The number of methoxy groups -OCH3 is 2. The van der Waals surface area contributed by atoms with Gasteiger partial charge in [0.25, 0.3) is 5.91 Å². The fourth-order valence-electron chi connectivity index (χ4n) is 2.48. The van der Waals surface area contributed by atoms with E-state index in [0.717, 1.165) is 20.4 Å². The number of amides is 1. The number of benzene rings is 2. The van der Waals surface area contributed by atoms with Gasteiger partial charge in [-0.1, -0.05) is 33.3 Å². The lowest BCUT2D eigenvalue weighted by Crippen LogP contribution is -2.19. The Hall–Kier alpha value is -1.96. The van der Waals surface area contributed by atoms with E-state index in [1.54, 1.807) is 26.4 Å². The smallest absolute Gasteiger partial charge is 0.279 e. The summed E-state index contributed by atoms with van der Waals surface area (Å²) in [7, 11) is 3.28. The van der Waals surface area contributed by atoms with Crippen molar-refractivity contribution >= 4 is 43.4 Å². The van der Waals surface area contributed by atoms with Crippen molar-refractivity contribution < 1.29 is 14.3 Å². The predicted octanol–water partition coefficient (Wildman–Crippen LogP) is 3.86. The van der Waals surface area contributed by atoms with Crippen LogP contribution >= 0.6 is 27.3 Å². The van der Waals surface area contributed by atoms with Crippen LogP contribution in [0.25, 0.3) is 10.2 Å². The SMILES string of the molecule is COCCn1c(=NC(=O)c2ccc(Br)cc2)sc2cccc(OC)c21. The normalized spacial score (nSPS) is 11.9. The van der Waals surface area contributed by atoms with Gasteiger partial charge in [-0.25, -0.2) is 0 Å². The van der Waals surface area contributed by atoms with Crippen molar-refractivity contribution in [3.05, 3.63) is 57.3 Å². The molecule has 0 saturated heterocycles. The van der Waals surface area contributed by atoms with E-state index in [1.807, 2.05) is 34.9 Å². The predicted molar refractivity (Wildman–Crippen MR) is 102 cm³/mol. The Morgan fingerprint density at radius 3 is 2.64 bits per heavy atom. The molecule has 0 saturated carbocycles. The third-order valence-electron chi connectivity index (χ3n) is 3.69. The van der Waals surface area contributed by atoms with Crippen molar-refractivity contribution in [1.29, 1.82) is 0 Å². The van der Waals surface area contributed by atoms with Crippen molar-refractivity contribution in [3.8, 4) is 5.75 Å². The highest BCUT2D eigenvalue weighted by atomic mass is 79.9. The molecule has 0 radical (unpaired) electrons. The first kappa shape index (κ1) is 17.8. The molecule has 2 aromatic carbocycles. The second kappa shape index (κ2) is 7.95. The molecule has 0 N–H and O–H groups in total. The van der Waals surface area contributed by atoms with Crippen LogP contribution in [0.4, 0.5) is 0 Å². The van der Waals surface area contributed by atoms with Gasteiger partial charge < -0.3 is 14.0 Å². The molecule has 0 bridgehead atoms. The number of halogens is 1. The van der Waals surface area contributed by atoms with Crippen molar-refractivity contribution in [1.82, 2.24) is 4.57 Å². The zero-order chi connectivity index (χ0) is 17.8. The Bertz CT molecular complexity index is 961.